The molecule has 1 aromatic heterocycles. The number of hydrogen-bond acceptors (Lipinski definition) is 2. The Hall–Kier alpha value is -2.82. The second-order valence-electron chi connectivity index (χ2n) is 5.64. The van der Waals surface area contributed by atoms with Gasteiger partial charge in [-0.25, -0.2) is 4.79 Å². The first-order chi connectivity index (χ1) is 11.1. The fraction of sp³-hybridized carbons (Fsp3) is 0.222. The topological polar surface area (TPSA) is 73.4 Å². The summed E-state index contributed by atoms with van der Waals surface area (Å²) in [4.78, 5) is 27.3. The Bertz CT molecular complexity index is 830. The van der Waals surface area contributed by atoms with Gasteiger partial charge >= 0.3 is 5.97 Å². The Kier molecular flexibility index (Phi) is 4.02. The van der Waals surface area contributed by atoms with Gasteiger partial charge in [0.2, 0.25) is 5.91 Å². The normalized spacial score (nSPS) is 15.2. The summed E-state index contributed by atoms with van der Waals surface area (Å²) in [7, 11) is 0. The van der Waals surface area contributed by atoms with Gasteiger partial charge in [0.05, 0.1) is 0 Å². The van der Waals surface area contributed by atoms with Crippen molar-refractivity contribution in [2.75, 3.05) is 13.1 Å². The Labute approximate surface area is 133 Å². The highest BCUT2D eigenvalue weighted by Crippen LogP contribution is 2.30. The maximum absolute atomic E-state index is 11.9. The fourth-order valence-electron chi connectivity index (χ4n) is 2.93. The molecular formula is C18H18N2O3. The van der Waals surface area contributed by atoms with Crippen LogP contribution in [0.25, 0.3) is 16.5 Å². The van der Waals surface area contributed by atoms with Gasteiger partial charge in [0.25, 0.3) is 0 Å². The minimum absolute atomic E-state index is 0.266. The summed E-state index contributed by atoms with van der Waals surface area (Å²) >= 11 is 0. The van der Waals surface area contributed by atoms with Gasteiger partial charge in [-0.15, -0.1) is 0 Å². The van der Waals surface area contributed by atoms with E-state index in [4.69, 9.17) is 5.11 Å². The van der Waals surface area contributed by atoms with Gasteiger partial charge in [-0.1, -0.05) is 24.3 Å². The molecule has 0 atom stereocenters. The monoisotopic (exact) mass is 310 g/mol. The van der Waals surface area contributed by atoms with E-state index in [9.17, 15) is 9.59 Å². The molecule has 0 bridgehead atoms. The molecule has 1 amide bonds. The number of hydrogen-bond donors (Lipinski definition) is 2. The number of carbonyl (C=O) groups is 2. The molecule has 2 N–H and O–H groups in total. The molecule has 2 heterocycles. The van der Waals surface area contributed by atoms with Crippen LogP contribution in [0.5, 0.6) is 0 Å². The molecule has 5 heteroatoms. The zero-order valence-electron chi connectivity index (χ0n) is 12.9. The number of nitrogens with zero attached hydrogens (tertiary/aromatic N) is 1. The zero-order chi connectivity index (χ0) is 16.4. The minimum Gasteiger partial charge on any atom is -0.478 e. The summed E-state index contributed by atoms with van der Waals surface area (Å²) in [5, 5.41) is 9.77. The molecule has 2 aromatic rings. The number of aliphatic carboxylic acids is 1. The number of aromatic nitrogens is 1. The van der Waals surface area contributed by atoms with Crippen molar-refractivity contribution in [1.29, 1.82) is 0 Å². The Morgan fingerprint density at radius 2 is 2.13 bits per heavy atom. The van der Waals surface area contributed by atoms with Crippen molar-refractivity contribution >= 4 is 28.4 Å². The number of fused-ring (bicyclic) bond motifs is 1. The van der Waals surface area contributed by atoms with Crippen LogP contribution >= 0.6 is 0 Å². The van der Waals surface area contributed by atoms with E-state index in [0.29, 0.717) is 13.1 Å². The van der Waals surface area contributed by atoms with Crippen molar-refractivity contribution < 1.29 is 14.7 Å². The summed E-state index contributed by atoms with van der Waals surface area (Å²) in [5.74, 6) is -1.38. The molecule has 0 saturated carbocycles. The summed E-state index contributed by atoms with van der Waals surface area (Å²) in [6.07, 6.45) is 6.81. The Morgan fingerprint density at radius 3 is 2.83 bits per heavy atom. The van der Waals surface area contributed by atoms with E-state index >= 15 is 0 Å². The van der Waals surface area contributed by atoms with E-state index in [-0.39, 0.29) is 5.91 Å². The number of carboxylic acids is 1. The molecule has 0 saturated heterocycles. The average Bonchev–Trinajstić information content (AvgIpc) is 2.98. The van der Waals surface area contributed by atoms with Crippen LogP contribution in [0.3, 0.4) is 0 Å². The number of carboxylic acid groups (broad SMARTS) is 1. The van der Waals surface area contributed by atoms with E-state index in [0.717, 1.165) is 24.1 Å². The van der Waals surface area contributed by atoms with Crippen molar-refractivity contribution in [3.05, 3.63) is 53.8 Å². The summed E-state index contributed by atoms with van der Waals surface area (Å²) < 4.78 is 0. The lowest BCUT2D eigenvalue weighted by molar-refractivity contribution is -0.132. The lowest BCUT2D eigenvalue weighted by Gasteiger charge is -2.25. The number of aromatic amines is 1. The lowest BCUT2D eigenvalue weighted by Crippen LogP contribution is -2.33. The van der Waals surface area contributed by atoms with E-state index in [1.165, 1.54) is 22.1 Å². The van der Waals surface area contributed by atoms with E-state index in [1.807, 2.05) is 18.3 Å². The summed E-state index contributed by atoms with van der Waals surface area (Å²) in [5.41, 5.74) is 4.75. The third-order valence-electron chi connectivity index (χ3n) is 4.16. The quantitative estimate of drug-likeness (QED) is 0.856. The molecule has 1 aromatic carbocycles. The van der Waals surface area contributed by atoms with E-state index in [2.05, 4.69) is 24.0 Å². The molecule has 0 aliphatic carbocycles. The molecule has 118 valence electrons. The van der Waals surface area contributed by atoms with Crippen molar-refractivity contribution in [2.24, 2.45) is 0 Å². The van der Waals surface area contributed by atoms with Crippen molar-refractivity contribution in [2.45, 2.75) is 13.3 Å². The first-order valence-corrected chi connectivity index (χ1v) is 7.52. The summed E-state index contributed by atoms with van der Waals surface area (Å²) in [6, 6.07) is 6.22. The van der Waals surface area contributed by atoms with Crippen LogP contribution in [-0.2, 0) is 9.59 Å². The standard InChI is InChI=1S/C18H18N2O3/c1-12-3-2-4-14-15(11-19-18(12)14)13-7-9-20(10-8-13)16(21)5-6-17(22)23/h2-7,11,19H,8-10H2,1H3,(H,22,23)/b6-5+. The molecule has 3 rings (SSSR count). The molecule has 1 aliphatic heterocycles. The van der Waals surface area contributed by atoms with Crippen LogP contribution < -0.4 is 0 Å². The molecule has 0 radical (unpaired) electrons. The van der Waals surface area contributed by atoms with Crippen LogP contribution in [0.2, 0.25) is 0 Å². The van der Waals surface area contributed by atoms with Crippen LogP contribution in [0.15, 0.2) is 42.6 Å². The number of carbonyl (C=O) groups excluding carboxylic acids is 1. The third kappa shape index (κ3) is 3.04. The zero-order valence-corrected chi connectivity index (χ0v) is 12.9. The number of para-hydroxylation sites is 1. The highest BCUT2D eigenvalue weighted by Gasteiger charge is 2.18. The number of benzene rings is 1. The fourth-order valence-corrected chi connectivity index (χ4v) is 2.93. The molecule has 0 unspecified atom stereocenters. The molecule has 0 spiro atoms. The highest BCUT2D eigenvalue weighted by molar-refractivity contribution is 5.96. The smallest absolute Gasteiger partial charge is 0.328 e. The highest BCUT2D eigenvalue weighted by atomic mass is 16.4. The van der Waals surface area contributed by atoms with Crippen molar-refractivity contribution in [3.8, 4) is 0 Å². The van der Waals surface area contributed by atoms with Crippen LogP contribution in [0, 0.1) is 6.92 Å². The van der Waals surface area contributed by atoms with E-state index in [1.54, 1.807) is 4.90 Å². The van der Waals surface area contributed by atoms with Crippen LogP contribution in [-0.4, -0.2) is 40.0 Å². The van der Waals surface area contributed by atoms with Crippen LogP contribution in [0.1, 0.15) is 17.5 Å². The van der Waals surface area contributed by atoms with Gasteiger partial charge in [-0.05, 0) is 24.5 Å². The maximum Gasteiger partial charge on any atom is 0.328 e. The van der Waals surface area contributed by atoms with Gasteiger partial charge in [-0.3, -0.25) is 4.79 Å². The Morgan fingerprint density at radius 1 is 1.30 bits per heavy atom. The lowest BCUT2D eigenvalue weighted by atomic mass is 9.98. The molecule has 23 heavy (non-hydrogen) atoms. The van der Waals surface area contributed by atoms with Crippen LogP contribution in [0.4, 0.5) is 0 Å². The minimum atomic E-state index is -1.11. The number of amides is 1. The largest absolute Gasteiger partial charge is 0.478 e. The maximum atomic E-state index is 11.9. The average molecular weight is 310 g/mol. The molecule has 1 aliphatic rings. The predicted octanol–water partition coefficient (Wildman–Crippen LogP) is 2.73. The van der Waals surface area contributed by atoms with Gasteiger partial charge < -0.3 is 15.0 Å². The number of nitrogens with one attached hydrogen (secondary N) is 1. The van der Waals surface area contributed by atoms with Gasteiger partial charge in [0, 0.05) is 47.9 Å². The summed E-state index contributed by atoms with van der Waals surface area (Å²) in [6.45, 7) is 3.16. The van der Waals surface area contributed by atoms with Gasteiger partial charge in [0.1, 0.15) is 0 Å². The predicted molar refractivity (Wildman–Crippen MR) is 89.0 cm³/mol. The Balaban J connectivity index is 1.80. The number of rotatable bonds is 3. The number of aryl methyl sites for hydroxylation is 1. The third-order valence-corrected chi connectivity index (χ3v) is 4.16. The molecule has 5 nitrogen and oxygen atoms in total. The number of H-pyrrole nitrogens is 1. The van der Waals surface area contributed by atoms with Gasteiger partial charge in [-0.2, -0.15) is 0 Å². The second kappa shape index (κ2) is 6.12. The molecule has 0 fully saturated rings. The first-order valence-electron chi connectivity index (χ1n) is 7.52. The second-order valence-corrected chi connectivity index (χ2v) is 5.64. The van der Waals surface area contributed by atoms with Gasteiger partial charge in [0.15, 0.2) is 0 Å². The SMILES string of the molecule is Cc1cccc2c(C3=CCN(C(=O)/C=C/C(=O)O)CC3)c[nH]c12. The first kappa shape index (κ1) is 15.1. The van der Waals surface area contributed by atoms with E-state index < -0.39 is 5.97 Å². The van der Waals surface area contributed by atoms with Crippen molar-refractivity contribution in [1.82, 2.24) is 9.88 Å². The van der Waals surface area contributed by atoms with Crippen molar-refractivity contribution in [3.63, 3.8) is 0 Å². The molecular weight excluding hydrogens is 292 g/mol.